The van der Waals surface area contributed by atoms with Gasteiger partial charge in [0.05, 0.1) is 29.9 Å². The van der Waals surface area contributed by atoms with Gasteiger partial charge in [-0.1, -0.05) is 0 Å². The van der Waals surface area contributed by atoms with Crippen molar-refractivity contribution < 1.29 is 18.8 Å². The van der Waals surface area contributed by atoms with Crippen LogP contribution in [0.1, 0.15) is 46.3 Å². The molecule has 3 amide bonds. The number of aryl methyl sites for hydroxylation is 1. The molecule has 4 rings (SSSR count). The van der Waals surface area contributed by atoms with Crippen molar-refractivity contribution in [2.24, 2.45) is 0 Å². The number of carbonyl (C=O) groups is 3. The van der Waals surface area contributed by atoms with E-state index >= 15 is 0 Å². The first-order valence-electron chi connectivity index (χ1n) is 11.1. The highest BCUT2D eigenvalue weighted by atomic mass is 32.2. The predicted molar refractivity (Wildman–Crippen MR) is 127 cm³/mol. The second kappa shape index (κ2) is 10.7. The van der Waals surface area contributed by atoms with Gasteiger partial charge in [-0.05, 0) is 50.1 Å². The van der Waals surface area contributed by atoms with Crippen LogP contribution >= 0.6 is 11.8 Å². The number of likely N-dealkylation sites (tertiary alicyclic amines) is 1. The molecule has 0 atom stereocenters. The second-order valence-corrected chi connectivity index (χ2v) is 9.29. The molecule has 2 aromatic rings. The van der Waals surface area contributed by atoms with Gasteiger partial charge in [0.1, 0.15) is 5.76 Å². The van der Waals surface area contributed by atoms with Gasteiger partial charge in [-0.3, -0.25) is 19.4 Å². The lowest BCUT2D eigenvalue weighted by atomic mass is 9.89. The first-order chi connectivity index (χ1) is 16.0. The Balaban J connectivity index is 1.31. The minimum Gasteiger partial charge on any atom is -0.465 e. The predicted octanol–water partition coefficient (Wildman–Crippen LogP) is 2.67. The Morgan fingerprint density at radius 3 is 2.70 bits per heavy atom. The Kier molecular flexibility index (Phi) is 7.49. The largest absolute Gasteiger partial charge is 0.465 e. The number of aromatic nitrogens is 1. The summed E-state index contributed by atoms with van der Waals surface area (Å²) in [5, 5.41) is 2.62. The van der Waals surface area contributed by atoms with Crippen molar-refractivity contribution in [2.75, 3.05) is 37.8 Å². The highest BCUT2D eigenvalue weighted by molar-refractivity contribution is 7.99. The Bertz CT molecular complexity index is 1020. The van der Waals surface area contributed by atoms with Crippen LogP contribution in [0.5, 0.6) is 0 Å². The van der Waals surface area contributed by atoms with Crippen LogP contribution in [-0.4, -0.2) is 70.3 Å². The summed E-state index contributed by atoms with van der Waals surface area (Å²) in [6.45, 7) is 3.80. The molecule has 2 aromatic heterocycles. The topological polar surface area (TPSA) is 95.8 Å². The van der Waals surface area contributed by atoms with E-state index in [-0.39, 0.29) is 30.2 Å². The minimum absolute atomic E-state index is 0.0475. The fourth-order valence-electron chi connectivity index (χ4n) is 4.09. The molecule has 2 aliphatic rings. The molecule has 0 unspecified atom stereocenters. The smallest absolute Gasteiger partial charge is 0.256 e. The first-order valence-corrected chi connectivity index (χ1v) is 12.3. The lowest BCUT2D eigenvalue weighted by Gasteiger charge is -2.32. The number of hydrogen-bond acceptors (Lipinski definition) is 6. The third-order valence-electron chi connectivity index (χ3n) is 5.92. The van der Waals surface area contributed by atoms with Crippen molar-refractivity contribution in [1.82, 2.24) is 20.1 Å². The third kappa shape index (κ3) is 5.84. The molecular weight excluding hydrogens is 440 g/mol. The summed E-state index contributed by atoms with van der Waals surface area (Å²) in [5.41, 5.74) is 2.42. The number of amides is 3. The molecule has 0 aliphatic carbocycles. The van der Waals surface area contributed by atoms with E-state index < -0.39 is 0 Å². The van der Waals surface area contributed by atoms with E-state index in [0.717, 1.165) is 42.4 Å². The number of rotatable bonds is 6. The summed E-state index contributed by atoms with van der Waals surface area (Å²) < 4.78 is 5.14. The van der Waals surface area contributed by atoms with Gasteiger partial charge in [-0.15, -0.1) is 11.8 Å². The quantitative estimate of drug-likeness (QED) is 0.655. The van der Waals surface area contributed by atoms with E-state index in [1.807, 2.05) is 24.0 Å². The number of nitrogens with one attached hydrogen (secondary N) is 1. The normalized spacial score (nSPS) is 17.0. The molecule has 2 saturated heterocycles. The average Bonchev–Trinajstić information content (AvgIpc) is 3.55. The Labute approximate surface area is 197 Å². The van der Waals surface area contributed by atoms with Crippen molar-refractivity contribution in [3.8, 4) is 0 Å². The van der Waals surface area contributed by atoms with Gasteiger partial charge in [-0.2, -0.15) is 0 Å². The van der Waals surface area contributed by atoms with Crippen LogP contribution in [0, 0.1) is 6.92 Å². The first kappa shape index (κ1) is 23.1. The van der Waals surface area contributed by atoms with Crippen LogP contribution in [0.25, 0.3) is 6.08 Å². The van der Waals surface area contributed by atoms with Crippen molar-refractivity contribution in [3.05, 3.63) is 59.3 Å². The highest BCUT2D eigenvalue weighted by Crippen LogP contribution is 2.31. The zero-order valence-electron chi connectivity index (χ0n) is 18.7. The fraction of sp³-hybridized carbons (Fsp3) is 0.417. The second-order valence-electron chi connectivity index (χ2n) is 8.21. The van der Waals surface area contributed by atoms with Crippen LogP contribution in [0.4, 0.5) is 0 Å². The number of piperidine rings is 1. The van der Waals surface area contributed by atoms with Crippen LogP contribution < -0.4 is 5.32 Å². The molecule has 0 bridgehead atoms. The summed E-state index contributed by atoms with van der Waals surface area (Å²) in [5.74, 6) is 1.99. The summed E-state index contributed by atoms with van der Waals surface area (Å²) in [6, 6.07) is 7.26. The van der Waals surface area contributed by atoms with Gasteiger partial charge in [0, 0.05) is 43.1 Å². The molecule has 1 N–H and O–H groups in total. The summed E-state index contributed by atoms with van der Waals surface area (Å²) in [4.78, 5) is 45.9. The molecule has 0 radical (unpaired) electrons. The van der Waals surface area contributed by atoms with Gasteiger partial charge in [-0.25, -0.2) is 0 Å². The van der Waals surface area contributed by atoms with E-state index in [1.165, 1.54) is 12.3 Å². The van der Waals surface area contributed by atoms with Crippen molar-refractivity contribution >= 4 is 35.6 Å². The van der Waals surface area contributed by atoms with Crippen LogP contribution in [0.3, 0.4) is 0 Å². The lowest BCUT2D eigenvalue weighted by molar-refractivity contribution is -0.133. The maximum atomic E-state index is 13.0. The zero-order chi connectivity index (χ0) is 23.2. The number of thioether (sulfide) groups is 1. The van der Waals surface area contributed by atoms with Gasteiger partial charge in [0.2, 0.25) is 11.8 Å². The Morgan fingerprint density at radius 1 is 1.18 bits per heavy atom. The molecule has 8 nitrogen and oxygen atoms in total. The Hall–Kier alpha value is -3.07. The van der Waals surface area contributed by atoms with Crippen molar-refractivity contribution in [3.63, 3.8) is 0 Å². The summed E-state index contributed by atoms with van der Waals surface area (Å²) in [7, 11) is 0. The Morgan fingerprint density at radius 2 is 2.00 bits per heavy atom. The number of nitrogens with zero attached hydrogens (tertiary/aromatic N) is 3. The van der Waals surface area contributed by atoms with Gasteiger partial charge < -0.3 is 19.5 Å². The molecule has 174 valence electrons. The van der Waals surface area contributed by atoms with Gasteiger partial charge >= 0.3 is 0 Å². The molecule has 0 aromatic carbocycles. The number of pyridine rings is 1. The maximum absolute atomic E-state index is 13.0. The fourth-order valence-corrected chi connectivity index (χ4v) is 5.04. The molecule has 2 aliphatic heterocycles. The van der Waals surface area contributed by atoms with Crippen molar-refractivity contribution in [2.45, 2.75) is 25.7 Å². The maximum Gasteiger partial charge on any atom is 0.256 e. The minimum atomic E-state index is -0.346. The monoisotopic (exact) mass is 468 g/mol. The SMILES string of the molecule is Cc1ccc(C(=O)N2CCSC2)c(C2CCN(C(=O)CNC(=O)/C=C\c3ccco3)CC2)n1. The molecule has 0 saturated carbocycles. The van der Waals surface area contributed by atoms with E-state index in [4.69, 9.17) is 9.40 Å². The van der Waals surface area contributed by atoms with Crippen molar-refractivity contribution in [1.29, 1.82) is 0 Å². The number of carbonyl (C=O) groups excluding carboxylic acids is 3. The molecular formula is C24H28N4O4S. The van der Waals surface area contributed by atoms with Gasteiger partial charge in [0.25, 0.3) is 5.91 Å². The lowest BCUT2D eigenvalue weighted by Crippen LogP contribution is -2.43. The van der Waals surface area contributed by atoms with E-state index in [2.05, 4.69) is 5.32 Å². The van der Waals surface area contributed by atoms with Gasteiger partial charge in [0.15, 0.2) is 0 Å². The molecule has 4 heterocycles. The van der Waals surface area contributed by atoms with Crippen LogP contribution in [-0.2, 0) is 9.59 Å². The standard InChI is InChI=1S/C24H28N4O4S/c1-17-4-6-20(24(31)28-12-14-33-16-28)23(26-17)18-8-10-27(11-9-18)22(30)15-25-21(29)7-5-19-3-2-13-32-19/h2-7,13,18H,8-12,14-16H2,1H3,(H,25,29)/b7-5-. The molecule has 0 spiro atoms. The van der Waals surface area contributed by atoms with E-state index in [1.54, 1.807) is 34.9 Å². The van der Waals surface area contributed by atoms with E-state index in [0.29, 0.717) is 24.4 Å². The van der Waals surface area contributed by atoms with Crippen LogP contribution in [0.15, 0.2) is 41.0 Å². The highest BCUT2D eigenvalue weighted by Gasteiger charge is 2.30. The zero-order valence-corrected chi connectivity index (χ0v) is 19.5. The number of hydrogen-bond donors (Lipinski definition) is 1. The summed E-state index contributed by atoms with van der Waals surface area (Å²) in [6.07, 6.45) is 5.91. The average molecular weight is 469 g/mol. The molecule has 33 heavy (non-hydrogen) atoms. The van der Waals surface area contributed by atoms with E-state index in [9.17, 15) is 14.4 Å². The molecule has 2 fully saturated rings. The number of furan rings is 1. The van der Waals surface area contributed by atoms with Crippen LogP contribution in [0.2, 0.25) is 0 Å². The summed E-state index contributed by atoms with van der Waals surface area (Å²) >= 11 is 1.76. The third-order valence-corrected chi connectivity index (χ3v) is 6.89. The molecule has 9 heteroatoms.